The van der Waals surface area contributed by atoms with E-state index in [2.05, 4.69) is 51.2 Å². The molecule has 2 heteroatoms. The Bertz CT molecular complexity index is 629. The molecule has 2 nitrogen and oxygen atoms in total. The minimum Gasteiger partial charge on any atom is -0.356 e. The van der Waals surface area contributed by atoms with Crippen molar-refractivity contribution in [2.24, 2.45) is 0 Å². The van der Waals surface area contributed by atoms with E-state index in [1.807, 2.05) is 0 Å². The van der Waals surface area contributed by atoms with E-state index in [0.717, 1.165) is 6.61 Å². The third-order valence-corrected chi connectivity index (χ3v) is 6.93. The molecule has 2 fully saturated rings. The first-order valence-electron chi connectivity index (χ1n) is 9.85. The number of hydrogen-bond acceptors (Lipinski definition) is 2. The van der Waals surface area contributed by atoms with Crippen LogP contribution in [0.1, 0.15) is 89.3 Å². The summed E-state index contributed by atoms with van der Waals surface area (Å²) in [4.78, 5) is 0. The monoisotopic (exact) mass is 327 g/mol. The molecule has 2 bridgehead atoms. The van der Waals surface area contributed by atoms with Crippen molar-refractivity contribution in [2.45, 2.75) is 102 Å². The third kappa shape index (κ3) is 2.82. The Morgan fingerprint density at radius 2 is 1.71 bits per heavy atom. The molecule has 0 saturated carbocycles. The van der Waals surface area contributed by atoms with Gasteiger partial charge in [0.05, 0.1) is 6.61 Å². The highest BCUT2D eigenvalue weighted by Gasteiger charge is 2.42. The lowest BCUT2D eigenvalue weighted by Crippen LogP contribution is -2.48. The quantitative estimate of drug-likeness (QED) is 0.825. The second-order valence-electron chi connectivity index (χ2n) is 9.70. The zero-order valence-electron chi connectivity index (χ0n) is 15.9. The number of piperidine rings is 1. The van der Waals surface area contributed by atoms with Crippen LogP contribution in [-0.4, -0.2) is 11.8 Å². The Kier molecular flexibility index (Phi) is 3.85. The fraction of sp³-hybridized carbons (Fsp3) is 0.727. The fourth-order valence-corrected chi connectivity index (χ4v) is 5.10. The SMILES string of the molecule is CC1(C)CCC(C)(C)c2cc(COC34CCCC(CC3)N4)ccc21. The first kappa shape index (κ1) is 16.6. The van der Waals surface area contributed by atoms with Crippen molar-refractivity contribution >= 4 is 0 Å². The topological polar surface area (TPSA) is 21.3 Å². The van der Waals surface area contributed by atoms with Crippen LogP contribution in [0.2, 0.25) is 0 Å². The Morgan fingerprint density at radius 3 is 2.50 bits per heavy atom. The summed E-state index contributed by atoms with van der Waals surface area (Å²) in [6.07, 6.45) is 8.82. The van der Waals surface area contributed by atoms with Gasteiger partial charge in [0, 0.05) is 6.04 Å². The first-order valence-corrected chi connectivity index (χ1v) is 9.85. The van der Waals surface area contributed by atoms with E-state index >= 15 is 0 Å². The van der Waals surface area contributed by atoms with Gasteiger partial charge in [0.15, 0.2) is 0 Å². The average Bonchev–Trinajstić information content (AvgIpc) is 2.85. The van der Waals surface area contributed by atoms with Gasteiger partial charge >= 0.3 is 0 Å². The molecule has 24 heavy (non-hydrogen) atoms. The maximum absolute atomic E-state index is 6.45. The zero-order valence-corrected chi connectivity index (χ0v) is 15.9. The van der Waals surface area contributed by atoms with Crippen LogP contribution < -0.4 is 5.32 Å². The summed E-state index contributed by atoms with van der Waals surface area (Å²) >= 11 is 0. The van der Waals surface area contributed by atoms with Gasteiger partial charge in [-0.05, 0) is 72.5 Å². The van der Waals surface area contributed by atoms with E-state index in [1.54, 1.807) is 5.56 Å². The summed E-state index contributed by atoms with van der Waals surface area (Å²) in [7, 11) is 0. The molecule has 132 valence electrons. The van der Waals surface area contributed by atoms with E-state index in [9.17, 15) is 0 Å². The van der Waals surface area contributed by atoms with Gasteiger partial charge in [-0.3, -0.25) is 5.32 Å². The van der Waals surface area contributed by atoms with E-state index in [0.29, 0.717) is 11.5 Å². The molecule has 1 N–H and O–H groups in total. The predicted molar refractivity (Wildman–Crippen MR) is 99.3 cm³/mol. The Hall–Kier alpha value is -0.860. The molecule has 3 aliphatic rings. The highest BCUT2D eigenvalue weighted by molar-refractivity contribution is 5.43. The maximum Gasteiger partial charge on any atom is 0.119 e. The molecule has 2 unspecified atom stereocenters. The van der Waals surface area contributed by atoms with Gasteiger partial charge < -0.3 is 4.74 Å². The standard InChI is InChI=1S/C22H33NO/c1-20(2)12-13-21(3,4)19-14-16(7-8-18(19)20)15-24-22-10-5-6-17(23-22)9-11-22/h7-8,14,17,23H,5-6,9-13,15H2,1-4H3. The smallest absolute Gasteiger partial charge is 0.119 e. The van der Waals surface area contributed by atoms with E-state index in [1.165, 1.54) is 56.1 Å². The van der Waals surface area contributed by atoms with Crippen LogP contribution in [0.15, 0.2) is 18.2 Å². The molecule has 0 radical (unpaired) electrons. The molecular formula is C22H33NO. The Balaban J connectivity index is 1.55. The minimum absolute atomic E-state index is 0.0341. The van der Waals surface area contributed by atoms with Crippen molar-refractivity contribution < 1.29 is 4.74 Å². The first-order chi connectivity index (χ1) is 11.3. The lowest BCUT2D eigenvalue weighted by Gasteiger charge is -2.42. The van der Waals surface area contributed by atoms with Gasteiger partial charge in [-0.15, -0.1) is 0 Å². The van der Waals surface area contributed by atoms with E-state index < -0.39 is 0 Å². The van der Waals surface area contributed by atoms with Gasteiger partial charge in [-0.1, -0.05) is 45.9 Å². The molecule has 2 heterocycles. The van der Waals surface area contributed by atoms with Crippen molar-refractivity contribution in [1.29, 1.82) is 0 Å². The molecule has 1 aliphatic carbocycles. The van der Waals surface area contributed by atoms with Crippen LogP contribution in [-0.2, 0) is 22.2 Å². The minimum atomic E-state index is -0.0341. The number of rotatable bonds is 3. The second-order valence-corrected chi connectivity index (χ2v) is 9.70. The lowest BCUT2D eigenvalue weighted by molar-refractivity contribution is -0.0860. The third-order valence-electron chi connectivity index (χ3n) is 6.93. The molecule has 0 spiro atoms. The van der Waals surface area contributed by atoms with Crippen LogP contribution in [0.5, 0.6) is 0 Å². The summed E-state index contributed by atoms with van der Waals surface area (Å²) in [6, 6.07) is 7.80. The van der Waals surface area contributed by atoms with Crippen LogP contribution in [0.4, 0.5) is 0 Å². The van der Waals surface area contributed by atoms with Crippen molar-refractivity contribution in [3.63, 3.8) is 0 Å². The van der Waals surface area contributed by atoms with Gasteiger partial charge in [-0.25, -0.2) is 0 Å². The highest BCUT2D eigenvalue weighted by Crippen LogP contribution is 2.46. The molecule has 1 aromatic carbocycles. The summed E-state index contributed by atoms with van der Waals surface area (Å²) in [6.45, 7) is 10.3. The number of nitrogens with one attached hydrogen (secondary N) is 1. The van der Waals surface area contributed by atoms with Crippen molar-refractivity contribution in [3.8, 4) is 0 Å². The summed E-state index contributed by atoms with van der Waals surface area (Å²) in [5, 5.41) is 3.74. The normalized spacial score (nSPS) is 33.2. The molecule has 0 amide bonds. The van der Waals surface area contributed by atoms with Crippen molar-refractivity contribution in [1.82, 2.24) is 5.32 Å². The molecule has 2 saturated heterocycles. The van der Waals surface area contributed by atoms with Gasteiger partial charge in [0.25, 0.3) is 0 Å². The maximum atomic E-state index is 6.45. The summed E-state index contributed by atoms with van der Waals surface area (Å²) < 4.78 is 6.45. The van der Waals surface area contributed by atoms with E-state index in [-0.39, 0.29) is 11.1 Å². The van der Waals surface area contributed by atoms with Crippen molar-refractivity contribution in [3.05, 3.63) is 34.9 Å². The van der Waals surface area contributed by atoms with E-state index in [4.69, 9.17) is 4.74 Å². The molecular weight excluding hydrogens is 294 g/mol. The van der Waals surface area contributed by atoms with Crippen LogP contribution >= 0.6 is 0 Å². The molecule has 2 aliphatic heterocycles. The summed E-state index contributed by atoms with van der Waals surface area (Å²) in [5.41, 5.74) is 4.96. The Labute approximate surface area is 147 Å². The van der Waals surface area contributed by atoms with Crippen LogP contribution in [0, 0.1) is 0 Å². The summed E-state index contributed by atoms with van der Waals surface area (Å²) in [5.74, 6) is 0. The lowest BCUT2D eigenvalue weighted by atomic mass is 9.63. The predicted octanol–water partition coefficient (Wildman–Crippen LogP) is 5.18. The zero-order chi connectivity index (χ0) is 17.0. The van der Waals surface area contributed by atoms with Crippen LogP contribution in [0.3, 0.4) is 0 Å². The number of hydrogen-bond donors (Lipinski definition) is 1. The Morgan fingerprint density at radius 1 is 0.958 bits per heavy atom. The fourth-order valence-electron chi connectivity index (χ4n) is 5.10. The average molecular weight is 328 g/mol. The number of benzene rings is 1. The number of ether oxygens (including phenoxy) is 1. The second kappa shape index (κ2) is 5.57. The largest absolute Gasteiger partial charge is 0.356 e. The van der Waals surface area contributed by atoms with Crippen LogP contribution in [0.25, 0.3) is 0 Å². The molecule has 4 rings (SSSR count). The van der Waals surface area contributed by atoms with Crippen molar-refractivity contribution in [2.75, 3.05) is 0 Å². The van der Waals surface area contributed by atoms with Gasteiger partial charge in [-0.2, -0.15) is 0 Å². The molecule has 0 aromatic heterocycles. The number of fused-ring (bicyclic) bond motifs is 3. The van der Waals surface area contributed by atoms with Gasteiger partial charge in [0.2, 0.25) is 0 Å². The molecule has 1 aromatic rings. The van der Waals surface area contributed by atoms with Gasteiger partial charge in [0.1, 0.15) is 5.72 Å². The molecule has 2 atom stereocenters. The highest BCUT2D eigenvalue weighted by atomic mass is 16.5.